The molecule has 0 spiro atoms. The molecule has 1 aliphatic carbocycles. The molecule has 1 heteroatoms. The van der Waals surface area contributed by atoms with Crippen molar-refractivity contribution in [3.63, 3.8) is 0 Å². The average Bonchev–Trinajstić information content (AvgIpc) is 2.01. The standard InChI is InChI=1S/C12H23Br/c1-8(2)12(13)11-6-9(3)5-10(4)7-11/h8-12H,5-7H2,1-4H3. The summed E-state index contributed by atoms with van der Waals surface area (Å²) in [6, 6.07) is 0. The van der Waals surface area contributed by atoms with Crippen molar-refractivity contribution in [2.75, 3.05) is 0 Å². The number of hydrogen-bond donors (Lipinski definition) is 0. The summed E-state index contributed by atoms with van der Waals surface area (Å²) in [7, 11) is 0. The van der Waals surface area contributed by atoms with E-state index in [0.717, 1.165) is 28.5 Å². The van der Waals surface area contributed by atoms with Crippen molar-refractivity contribution in [2.45, 2.75) is 51.8 Å². The van der Waals surface area contributed by atoms with E-state index in [2.05, 4.69) is 43.6 Å². The van der Waals surface area contributed by atoms with Crippen LogP contribution in [0.4, 0.5) is 0 Å². The van der Waals surface area contributed by atoms with E-state index in [1.165, 1.54) is 19.3 Å². The van der Waals surface area contributed by atoms with E-state index < -0.39 is 0 Å². The molecule has 3 atom stereocenters. The Morgan fingerprint density at radius 1 is 1.00 bits per heavy atom. The van der Waals surface area contributed by atoms with Crippen LogP contribution >= 0.6 is 15.9 Å². The van der Waals surface area contributed by atoms with Crippen LogP contribution in [0.25, 0.3) is 0 Å². The second-order valence-electron chi connectivity index (χ2n) is 5.37. The molecule has 1 saturated carbocycles. The molecule has 0 amide bonds. The molecule has 3 unspecified atom stereocenters. The summed E-state index contributed by atoms with van der Waals surface area (Å²) in [4.78, 5) is 0.734. The molecule has 1 fully saturated rings. The van der Waals surface area contributed by atoms with Crippen LogP contribution in [0.2, 0.25) is 0 Å². The summed E-state index contributed by atoms with van der Waals surface area (Å²) in [6.45, 7) is 9.46. The third-order valence-electron chi connectivity index (χ3n) is 3.30. The van der Waals surface area contributed by atoms with Gasteiger partial charge in [0.1, 0.15) is 0 Å². The van der Waals surface area contributed by atoms with E-state index in [1.807, 2.05) is 0 Å². The molecule has 1 rings (SSSR count). The van der Waals surface area contributed by atoms with Gasteiger partial charge in [-0.15, -0.1) is 0 Å². The molecule has 0 heterocycles. The molecule has 0 saturated heterocycles. The maximum Gasteiger partial charge on any atom is 0.0197 e. The Hall–Kier alpha value is 0.480. The Kier molecular flexibility index (Phi) is 4.28. The molecule has 0 radical (unpaired) electrons. The zero-order valence-electron chi connectivity index (χ0n) is 9.39. The molecule has 0 aromatic heterocycles. The molecule has 0 nitrogen and oxygen atoms in total. The molecule has 13 heavy (non-hydrogen) atoms. The lowest BCUT2D eigenvalue weighted by atomic mass is 9.74. The van der Waals surface area contributed by atoms with Crippen molar-refractivity contribution in [1.29, 1.82) is 0 Å². The summed E-state index contributed by atoms with van der Waals surface area (Å²) in [6.07, 6.45) is 4.30. The first-order valence-electron chi connectivity index (χ1n) is 5.64. The van der Waals surface area contributed by atoms with Crippen LogP contribution in [-0.4, -0.2) is 4.83 Å². The highest BCUT2D eigenvalue weighted by Gasteiger charge is 2.29. The Bertz CT molecular complexity index is 143. The SMILES string of the molecule is CC1CC(C)CC(C(Br)C(C)C)C1. The van der Waals surface area contributed by atoms with Gasteiger partial charge < -0.3 is 0 Å². The lowest BCUT2D eigenvalue weighted by molar-refractivity contribution is 0.203. The minimum Gasteiger partial charge on any atom is -0.0885 e. The van der Waals surface area contributed by atoms with Crippen LogP contribution < -0.4 is 0 Å². The first-order chi connectivity index (χ1) is 6.00. The lowest BCUT2D eigenvalue weighted by Crippen LogP contribution is -2.28. The second-order valence-corrected chi connectivity index (χ2v) is 6.42. The highest BCUT2D eigenvalue weighted by Crippen LogP contribution is 2.39. The molecule has 0 aliphatic heterocycles. The van der Waals surface area contributed by atoms with Gasteiger partial charge in [0.2, 0.25) is 0 Å². The third-order valence-corrected chi connectivity index (χ3v) is 5.11. The van der Waals surface area contributed by atoms with Crippen LogP contribution in [0.1, 0.15) is 47.0 Å². The van der Waals surface area contributed by atoms with Crippen molar-refractivity contribution in [2.24, 2.45) is 23.7 Å². The van der Waals surface area contributed by atoms with E-state index in [1.54, 1.807) is 0 Å². The summed E-state index contributed by atoms with van der Waals surface area (Å²) in [5, 5.41) is 0. The molecule has 0 aromatic carbocycles. The van der Waals surface area contributed by atoms with Gasteiger partial charge in [-0.3, -0.25) is 0 Å². The van der Waals surface area contributed by atoms with Crippen molar-refractivity contribution in [3.05, 3.63) is 0 Å². The van der Waals surface area contributed by atoms with Gasteiger partial charge in [0.05, 0.1) is 0 Å². The number of halogens is 1. The number of rotatable bonds is 2. The highest BCUT2D eigenvalue weighted by molar-refractivity contribution is 9.09. The van der Waals surface area contributed by atoms with Crippen molar-refractivity contribution in [3.8, 4) is 0 Å². The van der Waals surface area contributed by atoms with E-state index >= 15 is 0 Å². The van der Waals surface area contributed by atoms with Crippen molar-refractivity contribution >= 4 is 15.9 Å². The zero-order chi connectivity index (χ0) is 10.0. The van der Waals surface area contributed by atoms with E-state index in [4.69, 9.17) is 0 Å². The molecule has 78 valence electrons. The highest BCUT2D eigenvalue weighted by atomic mass is 79.9. The van der Waals surface area contributed by atoms with Gasteiger partial charge in [0.25, 0.3) is 0 Å². The molecular formula is C12H23Br. The Balaban J connectivity index is 2.49. The maximum atomic E-state index is 3.86. The first kappa shape index (κ1) is 11.6. The topological polar surface area (TPSA) is 0 Å². The third kappa shape index (κ3) is 3.27. The van der Waals surface area contributed by atoms with Gasteiger partial charge in [0.15, 0.2) is 0 Å². The van der Waals surface area contributed by atoms with Crippen LogP contribution in [0, 0.1) is 23.7 Å². The van der Waals surface area contributed by atoms with E-state index in [9.17, 15) is 0 Å². The van der Waals surface area contributed by atoms with Crippen LogP contribution in [0.5, 0.6) is 0 Å². The molecule has 0 aromatic rings. The Morgan fingerprint density at radius 2 is 1.46 bits per heavy atom. The minimum atomic E-state index is 0.734. The maximum absolute atomic E-state index is 3.86. The molecular weight excluding hydrogens is 224 g/mol. The summed E-state index contributed by atoms with van der Waals surface area (Å²) in [5.41, 5.74) is 0. The van der Waals surface area contributed by atoms with E-state index in [-0.39, 0.29) is 0 Å². The van der Waals surface area contributed by atoms with Gasteiger partial charge >= 0.3 is 0 Å². The van der Waals surface area contributed by atoms with Gasteiger partial charge in [-0.1, -0.05) is 43.6 Å². The molecule has 1 aliphatic rings. The lowest BCUT2D eigenvalue weighted by Gasteiger charge is -2.35. The monoisotopic (exact) mass is 246 g/mol. The van der Waals surface area contributed by atoms with Gasteiger partial charge in [-0.25, -0.2) is 0 Å². The quantitative estimate of drug-likeness (QED) is 0.631. The fourth-order valence-electron chi connectivity index (χ4n) is 2.81. The minimum absolute atomic E-state index is 0.734. The normalized spacial score (nSPS) is 37.8. The second kappa shape index (κ2) is 4.82. The fourth-order valence-corrected chi connectivity index (χ4v) is 3.25. The Morgan fingerprint density at radius 3 is 1.85 bits per heavy atom. The molecule has 0 N–H and O–H groups in total. The van der Waals surface area contributed by atoms with Crippen LogP contribution in [0.3, 0.4) is 0 Å². The van der Waals surface area contributed by atoms with Gasteiger partial charge in [-0.05, 0) is 42.9 Å². The predicted octanol–water partition coefficient (Wildman–Crippen LogP) is 4.48. The summed E-state index contributed by atoms with van der Waals surface area (Å²) < 4.78 is 0. The first-order valence-corrected chi connectivity index (χ1v) is 6.56. The Labute approximate surface area is 91.6 Å². The van der Waals surface area contributed by atoms with Crippen molar-refractivity contribution in [1.82, 2.24) is 0 Å². The van der Waals surface area contributed by atoms with Gasteiger partial charge in [0, 0.05) is 4.83 Å². The number of alkyl halides is 1. The summed E-state index contributed by atoms with van der Waals surface area (Å²) >= 11 is 3.86. The fraction of sp³-hybridized carbons (Fsp3) is 1.00. The van der Waals surface area contributed by atoms with Gasteiger partial charge in [-0.2, -0.15) is 0 Å². The largest absolute Gasteiger partial charge is 0.0885 e. The average molecular weight is 247 g/mol. The zero-order valence-corrected chi connectivity index (χ0v) is 11.0. The van der Waals surface area contributed by atoms with Crippen molar-refractivity contribution < 1.29 is 0 Å². The molecule has 0 bridgehead atoms. The number of hydrogen-bond acceptors (Lipinski definition) is 0. The summed E-state index contributed by atoms with van der Waals surface area (Å²) in [5.74, 6) is 3.57. The predicted molar refractivity (Wildman–Crippen MR) is 63.2 cm³/mol. The van der Waals surface area contributed by atoms with Crippen LogP contribution in [-0.2, 0) is 0 Å². The van der Waals surface area contributed by atoms with E-state index in [0.29, 0.717) is 0 Å². The smallest absolute Gasteiger partial charge is 0.0197 e. The van der Waals surface area contributed by atoms with Crippen LogP contribution in [0.15, 0.2) is 0 Å².